The summed E-state index contributed by atoms with van der Waals surface area (Å²) in [5, 5.41) is 9.07. The molecule has 0 aliphatic carbocycles. The number of carbonyl (C=O) groups is 2. The molecule has 9 heteroatoms. The molecule has 0 fully saturated rings. The summed E-state index contributed by atoms with van der Waals surface area (Å²) in [4.78, 5) is 22.0. The molecular weight excluding hydrogens is 400 g/mol. The first-order valence-electron chi connectivity index (χ1n) is 10.5. The second-order valence-corrected chi connectivity index (χ2v) is 9.02. The van der Waals surface area contributed by atoms with Gasteiger partial charge in [0, 0.05) is 12.8 Å². The molecule has 0 radical (unpaired) electrons. The Balaban J connectivity index is 3.99. The predicted molar refractivity (Wildman–Crippen MR) is 110 cm³/mol. The highest BCUT2D eigenvalue weighted by Crippen LogP contribution is 2.20. The van der Waals surface area contributed by atoms with Crippen molar-refractivity contribution in [1.29, 1.82) is 0 Å². The average molecular weight is 439 g/mol. The van der Waals surface area contributed by atoms with E-state index in [1.807, 2.05) is 0 Å². The van der Waals surface area contributed by atoms with Gasteiger partial charge in [0.1, 0.15) is 5.25 Å². The number of unbranched alkanes of at least 4 members (excludes halogenated alkanes) is 8. The number of ether oxygens (including phenoxy) is 2. The summed E-state index contributed by atoms with van der Waals surface area (Å²) >= 11 is 0. The highest BCUT2D eigenvalue weighted by molar-refractivity contribution is 7.86. The summed E-state index contributed by atoms with van der Waals surface area (Å²) in [7, 11) is -1.59. The molecule has 0 aromatic carbocycles. The minimum absolute atomic E-state index is 0.218. The van der Waals surface area contributed by atoms with E-state index in [-0.39, 0.29) is 18.4 Å². The lowest BCUT2D eigenvalue weighted by molar-refractivity contribution is -0.141. The van der Waals surface area contributed by atoms with E-state index in [1.165, 1.54) is 14.2 Å². The number of hydrogen-bond acceptors (Lipinski definition) is 7. The van der Waals surface area contributed by atoms with E-state index in [9.17, 15) is 27.7 Å². The summed E-state index contributed by atoms with van der Waals surface area (Å²) < 4.78 is 41.8. The predicted octanol–water partition coefficient (Wildman–Crippen LogP) is 3.41. The van der Waals surface area contributed by atoms with Crippen molar-refractivity contribution < 1.29 is 37.1 Å². The van der Waals surface area contributed by atoms with E-state index in [4.69, 9.17) is 0 Å². The SMILES string of the molecule is COC(=O)CCCCCCCC(O)C(CCCCCCCC(=O)OC)S(=O)(=O)O. The molecule has 2 N–H and O–H groups in total. The van der Waals surface area contributed by atoms with Gasteiger partial charge in [-0.05, 0) is 25.7 Å². The van der Waals surface area contributed by atoms with Gasteiger partial charge in [0.25, 0.3) is 10.1 Å². The fourth-order valence-corrected chi connectivity index (χ4v) is 4.23. The van der Waals surface area contributed by atoms with Crippen molar-refractivity contribution in [2.75, 3.05) is 14.2 Å². The van der Waals surface area contributed by atoms with Crippen molar-refractivity contribution in [2.45, 2.75) is 101 Å². The maximum absolute atomic E-state index is 11.6. The van der Waals surface area contributed by atoms with Gasteiger partial charge in [0.2, 0.25) is 0 Å². The zero-order valence-electron chi connectivity index (χ0n) is 17.8. The summed E-state index contributed by atoms with van der Waals surface area (Å²) in [6, 6.07) is 0. The lowest BCUT2D eigenvalue weighted by Crippen LogP contribution is -2.33. The van der Waals surface area contributed by atoms with Crippen LogP contribution in [0.1, 0.15) is 89.9 Å². The number of aliphatic hydroxyl groups is 1. The van der Waals surface area contributed by atoms with E-state index < -0.39 is 21.5 Å². The van der Waals surface area contributed by atoms with Gasteiger partial charge in [-0.3, -0.25) is 14.1 Å². The average Bonchev–Trinajstić information content (AvgIpc) is 2.67. The summed E-state index contributed by atoms with van der Waals surface area (Å²) in [5.74, 6) is -0.456. The lowest BCUT2D eigenvalue weighted by atomic mass is 10.0. The lowest BCUT2D eigenvalue weighted by Gasteiger charge is -2.20. The fraction of sp³-hybridized carbons (Fsp3) is 0.900. The molecule has 0 heterocycles. The molecule has 0 aliphatic heterocycles. The third-order valence-electron chi connectivity index (χ3n) is 5.02. The van der Waals surface area contributed by atoms with Gasteiger partial charge < -0.3 is 14.6 Å². The Bertz CT molecular complexity index is 547. The van der Waals surface area contributed by atoms with E-state index in [1.54, 1.807) is 0 Å². The van der Waals surface area contributed by atoms with E-state index in [0.717, 1.165) is 51.4 Å². The van der Waals surface area contributed by atoms with Crippen molar-refractivity contribution in [3.8, 4) is 0 Å². The fourth-order valence-electron chi connectivity index (χ4n) is 3.23. The molecule has 0 rings (SSSR count). The maximum Gasteiger partial charge on any atom is 0.305 e. The van der Waals surface area contributed by atoms with Gasteiger partial charge in [-0.15, -0.1) is 0 Å². The monoisotopic (exact) mass is 438 g/mol. The molecule has 0 aromatic heterocycles. The van der Waals surface area contributed by atoms with E-state index in [0.29, 0.717) is 32.1 Å². The van der Waals surface area contributed by atoms with Crippen molar-refractivity contribution >= 4 is 22.1 Å². The van der Waals surface area contributed by atoms with Crippen LogP contribution in [0.15, 0.2) is 0 Å². The zero-order chi connectivity index (χ0) is 22.1. The standard InChI is InChI=1S/C20H38O8S/c1-27-19(22)15-11-7-3-5-9-13-17(21)18(29(24,25)26)14-10-6-4-8-12-16-20(23)28-2/h17-18,21H,3-16H2,1-2H3,(H,24,25,26). The molecule has 0 bridgehead atoms. The van der Waals surface area contributed by atoms with Gasteiger partial charge in [0.05, 0.1) is 20.3 Å². The van der Waals surface area contributed by atoms with Crippen molar-refractivity contribution in [1.82, 2.24) is 0 Å². The molecule has 8 nitrogen and oxygen atoms in total. The smallest absolute Gasteiger partial charge is 0.305 e. The van der Waals surface area contributed by atoms with Crippen molar-refractivity contribution in [2.24, 2.45) is 0 Å². The molecule has 0 amide bonds. The molecule has 29 heavy (non-hydrogen) atoms. The number of esters is 2. The highest BCUT2D eigenvalue weighted by Gasteiger charge is 2.29. The number of carbonyl (C=O) groups excluding carboxylic acids is 2. The Morgan fingerprint density at radius 2 is 1.10 bits per heavy atom. The van der Waals surface area contributed by atoms with Gasteiger partial charge in [-0.2, -0.15) is 8.42 Å². The first-order chi connectivity index (χ1) is 13.7. The van der Waals surface area contributed by atoms with Crippen molar-refractivity contribution in [3.05, 3.63) is 0 Å². The second-order valence-electron chi connectivity index (χ2n) is 7.39. The first-order valence-corrected chi connectivity index (χ1v) is 12.0. The van der Waals surface area contributed by atoms with Crippen LogP contribution in [0.5, 0.6) is 0 Å². The molecule has 2 unspecified atom stereocenters. The van der Waals surface area contributed by atoms with Crippen LogP contribution in [0, 0.1) is 0 Å². The quantitative estimate of drug-likeness (QED) is 0.189. The topological polar surface area (TPSA) is 127 Å². The summed E-state index contributed by atoms with van der Waals surface area (Å²) in [5.41, 5.74) is 0. The van der Waals surface area contributed by atoms with Crippen molar-refractivity contribution in [3.63, 3.8) is 0 Å². The molecule has 0 saturated heterocycles. The molecule has 0 spiro atoms. The van der Waals surface area contributed by atoms with Crippen LogP contribution in [0.4, 0.5) is 0 Å². The summed E-state index contributed by atoms with van der Waals surface area (Å²) in [6.07, 6.45) is 8.06. The number of hydrogen-bond donors (Lipinski definition) is 2. The van der Waals surface area contributed by atoms with Crippen LogP contribution in [0.3, 0.4) is 0 Å². The van der Waals surface area contributed by atoms with Crippen LogP contribution < -0.4 is 0 Å². The Labute approximate surface area is 175 Å². The first kappa shape index (κ1) is 27.8. The number of methoxy groups -OCH3 is 2. The molecule has 0 aliphatic rings. The van der Waals surface area contributed by atoms with Crippen LogP contribution in [0.25, 0.3) is 0 Å². The minimum atomic E-state index is -4.30. The number of aliphatic hydroxyl groups excluding tert-OH is 1. The zero-order valence-corrected chi connectivity index (χ0v) is 18.6. The third-order valence-corrected chi connectivity index (χ3v) is 6.33. The molecule has 0 aromatic rings. The van der Waals surface area contributed by atoms with E-state index in [2.05, 4.69) is 9.47 Å². The Hall–Kier alpha value is -1.19. The molecule has 2 atom stereocenters. The van der Waals surface area contributed by atoms with Gasteiger partial charge in [0.15, 0.2) is 0 Å². The van der Waals surface area contributed by atoms with Gasteiger partial charge in [-0.25, -0.2) is 0 Å². The van der Waals surface area contributed by atoms with Gasteiger partial charge in [-0.1, -0.05) is 51.4 Å². The largest absolute Gasteiger partial charge is 0.469 e. The van der Waals surface area contributed by atoms with Crippen LogP contribution in [0.2, 0.25) is 0 Å². The minimum Gasteiger partial charge on any atom is -0.469 e. The molecule has 0 saturated carbocycles. The third kappa shape index (κ3) is 15.3. The normalized spacial score (nSPS) is 13.7. The summed E-state index contributed by atoms with van der Waals surface area (Å²) in [6.45, 7) is 0. The Morgan fingerprint density at radius 1 is 0.724 bits per heavy atom. The van der Waals surface area contributed by atoms with Crippen LogP contribution >= 0.6 is 0 Å². The number of rotatable bonds is 18. The Morgan fingerprint density at radius 3 is 1.52 bits per heavy atom. The van der Waals surface area contributed by atoms with E-state index >= 15 is 0 Å². The van der Waals surface area contributed by atoms with Crippen LogP contribution in [-0.4, -0.2) is 55.6 Å². The molecule has 172 valence electrons. The highest BCUT2D eigenvalue weighted by atomic mass is 32.2. The maximum atomic E-state index is 11.6. The second kappa shape index (κ2) is 16.6. The van der Waals surface area contributed by atoms with Gasteiger partial charge >= 0.3 is 11.9 Å². The Kier molecular flexibility index (Phi) is 15.9. The molecular formula is C20H38O8S. The van der Waals surface area contributed by atoms with Crippen LogP contribution in [-0.2, 0) is 29.2 Å².